The number of aromatic nitrogens is 2. The summed E-state index contributed by atoms with van der Waals surface area (Å²) in [7, 11) is -0.604. The molecule has 3 heterocycles. The molecule has 4 rings (SSSR count). The van der Waals surface area contributed by atoms with Crippen molar-refractivity contribution in [1.29, 1.82) is 0 Å². The molecule has 0 aliphatic carbocycles. The second kappa shape index (κ2) is 7.29. The van der Waals surface area contributed by atoms with E-state index in [2.05, 4.69) is 9.55 Å². The molecule has 1 unspecified atom stereocenters. The molecular formula is C20H21N3O4S. The molecule has 146 valence electrons. The highest BCUT2D eigenvalue weighted by molar-refractivity contribution is 7.89. The summed E-state index contributed by atoms with van der Waals surface area (Å²) in [6.45, 7) is 0.911. The zero-order chi connectivity index (χ0) is 19.7. The smallest absolute Gasteiger partial charge is 0.245 e. The molecule has 0 fully saturated rings. The molecule has 2 aromatic heterocycles. The molecule has 1 aromatic carbocycles. The molecule has 3 aromatic rings. The zero-order valence-corrected chi connectivity index (χ0v) is 16.5. The Balaban J connectivity index is 1.91. The highest BCUT2D eigenvalue weighted by Gasteiger charge is 2.39. The summed E-state index contributed by atoms with van der Waals surface area (Å²) in [4.78, 5) is 4.15. The number of rotatable bonds is 5. The highest BCUT2D eigenvalue weighted by Crippen LogP contribution is 2.41. The summed E-state index contributed by atoms with van der Waals surface area (Å²) in [5.41, 5.74) is 1.61. The summed E-state index contributed by atoms with van der Waals surface area (Å²) in [5.74, 6) is 1.24. The van der Waals surface area contributed by atoms with Crippen LogP contribution in [-0.2, 0) is 16.6 Å². The van der Waals surface area contributed by atoms with Gasteiger partial charge in [-0.25, -0.2) is 8.42 Å². The third-order valence-corrected chi connectivity index (χ3v) is 6.81. The Morgan fingerprint density at radius 1 is 1.07 bits per heavy atom. The topological polar surface area (TPSA) is 73.7 Å². The van der Waals surface area contributed by atoms with Crippen LogP contribution in [0.1, 0.15) is 17.3 Å². The Hall–Kier alpha value is -2.84. The van der Waals surface area contributed by atoms with Gasteiger partial charge in [-0.3, -0.25) is 4.98 Å². The van der Waals surface area contributed by atoms with Crippen LogP contribution in [0.2, 0.25) is 0 Å². The van der Waals surface area contributed by atoms with Gasteiger partial charge in [0.25, 0.3) is 0 Å². The zero-order valence-electron chi connectivity index (χ0n) is 15.6. The van der Waals surface area contributed by atoms with Crippen molar-refractivity contribution in [3.63, 3.8) is 0 Å². The second-order valence-electron chi connectivity index (χ2n) is 6.44. The van der Waals surface area contributed by atoms with E-state index >= 15 is 0 Å². The van der Waals surface area contributed by atoms with Gasteiger partial charge >= 0.3 is 0 Å². The largest absolute Gasteiger partial charge is 0.497 e. The van der Waals surface area contributed by atoms with Gasteiger partial charge in [0.15, 0.2) is 0 Å². The van der Waals surface area contributed by atoms with Gasteiger partial charge in [-0.05, 0) is 42.5 Å². The third kappa shape index (κ3) is 3.04. The Morgan fingerprint density at radius 3 is 2.64 bits per heavy atom. The average Bonchev–Trinajstić information content (AvgIpc) is 3.22. The number of pyridine rings is 1. The number of sulfonamides is 1. The first-order valence-corrected chi connectivity index (χ1v) is 10.3. The fraction of sp³-hybridized carbons (Fsp3) is 0.250. The van der Waals surface area contributed by atoms with Gasteiger partial charge < -0.3 is 14.0 Å². The Labute approximate surface area is 164 Å². The number of nitrogens with zero attached hydrogens (tertiary/aromatic N) is 3. The molecule has 0 saturated heterocycles. The summed E-state index contributed by atoms with van der Waals surface area (Å²) >= 11 is 0. The van der Waals surface area contributed by atoms with E-state index in [4.69, 9.17) is 9.47 Å². The van der Waals surface area contributed by atoms with E-state index in [0.29, 0.717) is 24.6 Å². The van der Waals surface area contributed by atoms with Crippen LogP contribution in [0.15, 0.2) is 66.0 Å². The van der Waals surface area contributed by atoms with E-state index in [1.54, 1.807) is 44.7 Å². The van der Waals surface area contributed by atoms with Gasteiger partial charge in [0.2, 0.25) is 10.0 Å². The standard InChI is InChI=1S/C20H21N3O4S/c1-26-15-7-8-19(27-2)17(13-15)20-18-6-4-10-22(18)11-12-23(20)28(24,25)16-5-3-9-21-14-16/h3-10,13-14,20H,11-12H2,1-2H3. The molecule has 1 aliphatic rings. The maximum atomic E-state index is 13.5. The summed E-state index contributed by atoms with van der Waals surface area (Å²) in [6.07, 6.45) is 4.90. The van der Waals surface area contributed by atoms with E-state index in [1.807, 2.05) is 24.4 Å². The first kappa shape index (κ1) is 18.5. The van der Waals surface area contributed by atoms with Gasteiger partial charge in [0.1, 0.15) is 16.4 Å². The number of methoxy groups -OCH3 is 2. The molecule has 28 heavy (non-hydrogen) atoms. The van der Waals surface area contributed by atoms with Crippen molar-refractivity contribution in [2.75, 3.05) is 20.8 Å². The Morgan fingerprint density at radius 2 is 1.93 bits per heavy atom. The van der Waals surface area contributed by atoms with Crippen molar-refractivity contribution in [3.8, 4) is 11.5 Å². The molecule has 1 aliphatic heterocycles. The average molecular weight is 399 g/mol. The minimum absolute atomic E-state index is 0.168. The number of ether oxygens (including phenoxy) is 2. The van der Waals surface area contributed by atoms with E-state index in [1.165, 1.54) is 10.5 Å². The predicted octanol–water partition coefficient (Wildman–Crippen LogP) is 2.69. The van der Waals surface area contributed by atoms with Crippen molar-refractivity contribution in [3.05, 3.63) is 72.3 Å². The van der Waals surface area contributed by atoms with Crippen LogP contribution in [0.4, 0.5) is 0 Å². The summed E-state index contributed by atoms with van der Waals surface area (Å²) < 4.78 is 41.4. The molecule has 7 nitrogen and oxygen atoms in total. The fourth-order valence-corrected chi connectivity index (χ4v) is 5.16. The summed E-state index contributed by atoms with van der Waals surface area (Å²) in [5, 5.41) is 0. The highest BCUT2D eigenvalue weighted by atomic mass is 32.2. The van der Waals surface area contributed by atoms with Gasteiger partial charge in [-0.1, -0.05) is 0 Å². The molecule has 1 atom stereocenters. The van der Waals surface area contributed by atoms with Crippen molar-refractivity contribution >= 4 is 10.0 Å². The Kier molecular flexibility index (Phi) is 4.82. The monoisotopic (exact) mass is 399 g/mol. The van der Waals surface area contributed by atoms with Crippen LogP contribution in [0.5, 0.6) is 11.5 Å². The van der Waals surface area contributed by atoms with Gasteiger partial charge in [0, 0.05) is 42.9 Å². The molecule has 0 N–H and O–H groups in total. The maximum absolute atomic E-state index is 13.5. The maximum Gasteiger partial charge on any atom is 0.245 e. The second-order valence-corrected chi connectivity index (χ2v) is 8.33. The molecule has 8 heteroatoms. The van der Waals surface area contributed by atoms with Crippen LogP contribution in [-0.4, -0.2) is 43.0 Å². The van der Waals surface area contributed by atoms with Crippen molar-refractivity contribution < 1.29 is 17.9 Å². The van der Waals surface area contributed by atoms with Crippen LogP contribution < -0.4 is 9.47 Å². The quantitative estimate of drug-likeness (QED) is 0.660. The molecule has 0 radical (unpaired) electrons. The van der Waals surface area contributed by atoms with Crippen LogP contribution in [0, 0.1) is 0 Å². The van der Waals surface area contributed by atoms with Gasteiger partial charge in [-0.2, -0.15) is 4.31 Å². The van der Waals surface area contributed by atoms with Crippen LogP contribution >= 0.6 is 0 Å². The van der Waals surface area contributed by atoms with E-state index in [9.17, 15) is 8.42 Å². The van der Waals surface area contributed by atoms with Crippen molar-refractivity contribution in [1.82, 2.24) is 13.9 Å². The molecule has 0 spiro atoms. The Bertz CT molecular complexity index is 1080. The predicted molar refractivity (Wildman–Crippen MR) is 104 cm³/mol. The lowest BCUT2D eigenvalue weighted by atomic mass is 10.0. The number of hydrogen-bond acceptors (Lipinski definition) is 5. The van der Waals surface area contributed by atoms with Crippen LogP contribution in [0.3, 0.4) is 0 Å². The molecular weight excluding hydrogens is 378 g/mol. The van der Waals surface area contributed by atoms with Gasteiger partial charge in [0.05, 0.1) is 20.3 Å². The third-order valence-electron chi connectivity index (χ3n) is 4.97. The van der Waals surface area contributed by atoms with E-state index in [0.717, 1.165) is 11.3 Å². The lowest BCUT2D eigenvalue weighted by molar-refractivity contribution is 0.289. The minimum Gasteiger partial charge on any atom is -0.497 e. The molecule has 0 amide bonds. The van der Waals surface area contributed by atoms with E-state index < -0.39 is 16.1 Å². The number of hydrogen-bond donors (Lipinski definition) is 0. The number of fused-ring (bicyclic) bond motifs is 1. The molecule has 0 saturated carbocycles. The SMILES string of the molecule is COc1ccc(OC)c(C2c3cccn3CCN2S(=O)(=O)c2cccnc2)c1. The summed E-state index contributed by atoms with van der Waals surface area (Å²) in [6, 6.07) is 11.9. The van der Waals surface area contributed by atoms with Crippen molar-refractivity contribution in [2.24, 2.45) is 0 Å². The first-order valence-electron chi connectivity index (χ1n) is 8.85. The normalized spacial score (nSPS) is 17.1. The number of benzene rings is 1. The van der Waals surface area contributed by atoms with Crippen molar-refractivity contribution in [2.45, 2.75) is 17.5 Å². The molecule has 0 bridgehead atoms. The van der Waals surface area contributed by atoms with E-state index in [-0.39, 0.29) is 4.90 Å². The lowest BCUT2D eigenvalue weighted by Crippen LogP contribution is -2.42. The first-order chi connectivity index (χ1) is 13.6. The van der Waals surface area contributed by atoms with Gasteiger partial charge in [-0.15, -0.1) is 0 Å². The van der Waals surface area contributed by atoms with Crippen LogP contribution in [0.25, 0.3) is 0 Å². The lowest BCUT2D eigenvalue weighted by Gasteiger charge is -2.36. The minimum atomic E-state index is -3.76. The fourth-order valence-electron chi connectivity index (χ4n) is 3.62.